The molecular formula is C15H25NO3. The maximum atomic E-state index is 9.15. The summed E-state index contributed by atoms with van der Waals surface area (Å²) in [4.78, 5) is 0. The normalized spacial score (nSPS) is 12.5. The second-order valence-corrected chi connectivity index (χ2v) is 4.86. The predicted molar refractivity (Wildman–Crippen MR) is 76.8 cm³/mol. The van der Waals surface area contributed by atoms with Crippen molar-refractivity contribution in [2.45, 2.75) is 32.7 Å². The lowest BCUT2D eigenvalue weighted by Crippen LogP contribution is -2.34. The molecule has 0 saturated heterocycles. The highest BCUT2D eigenvalue weighted by molar-refractivity contribution is 5.43. The average molecular weight is 267 g/mol. The number of aliphatic hydroxyl groups is 2. The molecule has 19 heavy (non-hydrogen) atoms. The first-order valence-corrected chi connectivity index (χ1v) is 6.71. The summed E-state index contributed by atoms with van der Waals surface area (Å²) in [5, 5.41) is 21.3. The molecule has 4 heteroatoms. The third-order valence-electron chi connectivity index (χ3n) is 3.30. The van der Waals surface area contributed by atoms with Gasteiger partial charge in [-0.3, -0.25) is 0 Å². The van der Waals surface area contributed by atoms with Crippen LogP contribution < -0.4 is 10.1 Å². The van der Waals surface area contributed by atoms with Crippen molar-refractivity contribution >= 4 is 0 Å². The van der Waals surface area contributed by atoms with Gasteiger partial charge in [0.05, 0.1) is 13.7 Å². The number of methoxy groups -OCH3 is 1. The van der Waals surface area contributed by atoms with E-state index >= 15 is 0 Å². The van der Waals surface area contributed by atoms with Gasteiger partial charge in [-0.05, 0) is 56.0 Å². The summed E-state index contributed by atoms with van der Waals surface area (Å²) >= 11 is 0. The van der Waals surface area contributed by atoms with E-state index in [-0.39, 0.29) is 19.3 Å². The molecule has 108 valence electrons. The number of aliphatic hydroxyl groups excluding tert-OH is 2. The smallest absolute Gasteiger partial charge is 0.122 e. The Kier molecular flexibility index (Phi) is 6.84. The molecule has 0 aliphatic rings. The van der Waals surface area contributed by atoms with E-state index in [2.05, 4.69) is 25.2 Å². The van der Waals surface area contributed by atoms with E-state index in [0.717, 1.165) is 18.7 Å². The molecule has 0 aromatic heterocycles. The Morgan fingerprint density at radius 3 is 2.58 bits per heavy atom. The number of ether oxygens (including phenoxy) is 1. The Hall–Kier alpha value is -1.10. The predicted octanol–water partition coefficient (Wildman–Crippen LogP) is 1.19. The lowest BCUT2D eigenvalue weighted by atomic mass is 10.0. The highest BCUT2D eigenvalue weighted by Gasteiger charge is 2.09. The molecule has 1 aromatic carbocycles. The Labute approximate surface area is 115 Å². The fraction of sp³-hybridized carbons (Fsp3) is 0.600. The van der Waals surface area contributed by atoms with Crippen LogP contribution in [0, 0.1) is 13.8 Å². The molecule has 0 bridgehead atoms. The number of hydrogen-bond donors (Lipinski definition) is 3. The van der Waals surface area contributed by atoms with Gasteiger partial charge in [-0.1, -0.05) is 6.07 Å². The number of aryl methyl sites for hydroxylation is 2. The highest BCUT2D eigenvalue weighted by atomic mass is 16.5. The Bertz CT molecular complexity index is 393. The minimum Gasteiger partial charge on any atom is -0.496 e. The van der Waals surface area contributed by atoms with E-state index in [1.807, 2.05) is 6.07 Å². The van der Waals surface area contributed by atoms with Gasteiger partial charge >= 0.3 is 0 Å². The molecular weight excluding hydrogens is 242 g/mol. The molecule has 0 amide bonds. The van der Waals surface area contributed by atoms with Crippen molar-refractivity contribution in [2.75, 3.05) is 26.9 Å². The third kappa shape index (κ3) is 4.82. The largest absolute Gasteiger partial charge is 0.496 e. The molecule has 1 rings (SSSR count). The molecule has 0 spiro atoms. The molecule has 0 aliphatic carbocycles. The summed E-state index contributed by atoms with van der Waals surface area (Å²) in [6.45, 7) is 5.03. The van der Waals surface area contributed by atoms with Crippen molar-refractivity contribution < 1.29 is 14.9 Å². The Morgan fingerprint density at radius 2 is 2.00 bits per heavy atom. The minimum atomic E-state index is -0.0400. The molecule has 0 aliphatic heterocycles. The van der Waals surface area contributed by atoms with Crippen LogP contribution in [0.5, 0.6) is 5.75 Å². The third-order valence-corrected chi connectivity index (χ3v) is 3.30. The van der Waals surface area contributed by atoms with E-state index < -0.39 is 0 Å². The van der Waals surface area contributed by atoms with Crippen LogP contribution in [0.3, 0.4) is 0 Å². The van der Waals surface area contributed by atoms with Gasteiger partial charge in [0.2, 0.25) is 0 Å². The van der Waals surface area contributed by atoms with Gasteiger partial charge in [0, 0.05) is 12.6 Å². The van der Waals surface area contributed by atoms with Gasteiger partial charge in [-0.15, -0.1) is 0 Å². The molecule has 4 nitrogen and oxygen atoms in total. The van der Waals surface area contributed by atoms with Crippen LogP contribution in [0.25, 0.3) is 0 Å². The van der Waals surface area contributed by atoms with Gasteiger partial charge in [-0.25, -0.2) is 0 Å². The van der Waals surface area contributed by atoms with E-state index in [0.29, 0.717) is 6.42 Å². The second-order valence-electron chi connectivity index (χ2n) is 4.86. The molecule has 0 fully saturated rings. The van der Waals surface area contributed by atoms with Crippen LogP contribution in [0.2, 0.25) is 0 Å². The quantitative estimate of drug-likeness (QED) is 0.662. The summed E-state index contributed by atoms with van der Waals surface area (Å²) in [5.41, 5.74) is 3.61. The monoisotopic (exact) mass is 267 g/mol. The van der Waals surface area contributed by atoms with Gasteiger partial charge in [0.25, 0.3) is 0 Å². The van der Waals surface area contributed by atoms with Crippen molar-refractivity contribution in [3.8, 4) is 5.75 Å². The van der Waals surface area contributed by atoms with Crippen molar-refractivity contribution in [2.24, 2.45) is 0 Å². The van der Waals surface area contributed by atoms with Crippen molar-refractivity contribution in [3.05, 3.63) is 28.8 Å². The first-order chi connectivity index (χ1) is 9.12. The summed E-state index contributed by atoms with van der Waals surface area (Å²) in [6, 6.07) is 4.15. The molecule has 0 heterocycles. The molecule has 1 aromatic rings. The lowest BCUT2D eigenvalue weighted by Gasteiger charge is -2.17. The summed E-state index contributed by atoms with van der Waals surface area (Å²) in [6.07, 6.45) is 1.41. The Balaban J connectivity index is 2.62. The van der Waals surface area contributed by atoms with Crippen LogP contribution in [-0.2, 0) is 6.42 Å². The number of rotatable bonds is 8. The summed E-state index contributed by atoms with van der Waals surface area (Å²) in [5.74, 6) is 0.919. The van der Waals surface area contributed by atoms with Gasteiger partial charge in [0.15, 0.2) is 0 Å². The fourth-order valence-electron chi connectivity index (χ4n) is 2.28. The van der Waals surface area contributed by atoms with E-state index in [4.69, 9.17) is 14.9 Å². The van der Waals surface area contributed by atoms with Gasteiger partial charge in [0.1, 0.15) is 5.75 Å². The fourth-order valence-corrected chi connectivity index (χ4v) is 2.28. The summed E-state index contributed by atoms with van der Waals surface area (Å²) < 4.78 is 5.42. The second kappa shape index (κ2) is 8.15. The van der Waals surface area contributed by atoms with E-state index in [1.165, 1.54) is 16.7 Å². The molecule has 0 radical (unpaired) electrons. The van der Waals surface area contributed by atoms with Gasteiger partial charge in [-0.2, -0.15) is 0 Å². The van der Waals surface area contributed by atoms with Crippen LogP contribution in [0.1, 0.15) is 23.1 Å². The maximum Gasteiger partial charge on any atom is 0.122 e. The van der Waals surface area contributed by atoms with Crippen LogP contribution in [0.4, 0.5) is 0 Å². The topological polar surface area (TPSA) is 61.7 Å². The lowest BCUT2D eigenvalue weighted by molar-refractivity contribution is 0.201. The van der Waals surface area contributed by atoms with Crippen molar-refractivity contribution in [1.82, 2.24) is 5.32 Å². The maximum absolute atomic E-state index is 9.15. The zero-order valence-corrected chi connectivity index (χ0v) is 12.1. The zero-order valence-electron chi connectivity index (χ0n) is 12.1. The standard InChI is InChI=1S/C15H25NO3/c1-11-8-12(2)14(15(9-11)19-3)4-6-16-13(10-18)5-7-17/h8-9,13,16-18H,4-7,10H2,1-3H3. The van der Waals surface area contributed by atoms with E-state index in [1.54, 1.807) is 7.11 Å². The van der Waals surface area contributed by atoms with Crippen molar-refractivity contribution in [1.29, 1.82) is 0 Å². The number of benzene rings is 1. The summed E-state index contributed by atoms with van der Waals surface area (Å²) in [7, 11) is 1.69. The molecule has 1 atom stereocenters. The van der Waals surface area contributed by atoms with Crippen LogP contribution in [-0.4, -0.2) is 43.1 Å². The number of nitrogens with one attached hydrogen (secondary N) is 1. The highest BCUT2D eigenvalue weighted by Crippen LogP contribution is 2.24. The molecule has 1 unspecified atom stereocenters. The van der Waals surface area contributed by atoms with Crippen LogP contribution in [0.15, 0.2) is 12.1 Å². The van der Waals surface area contributed by atoms with Gasteiger partial charge < -0.3 is 20.3 Å². The SMILES string of the molecule is COc1cc(C)cc(C)c1CCNC(CO)CCO. The molecule has 0 saturated carbocycles. The van der Waals surface area contributed by atoms with Crippen molar-refractivity contribution in [3.63, 3.8) is 0 Å². The number of hydrogen-bond acceptors (Lipinski definition) is 4. The van der Waals surface area contributed by atoms with E-state index in [9.17, 15) is 0 Å². The molecule has 3 N–H and O–H groups in total. The average Bonchev–Trinajstić information content (AvgIpc) is 2.39. The minimum absolute atomic E-state index is 0.0400. The first-order valence-electron chi connectivity index (χ1n) is 6.71. The van der Waals surface area contributed by atoms with Crippen LogP contribution >= 0.6 is 0 Å². The Morgan fingerprint density at radius 1 is 1.26 bits per heavy atom. The first kappa shape index (κ1) is 16.0. The zero-order chi connectivity index (χ0) is 14.3.